The second-order valence-corrected chi connectivity index (χ2v) is 8.50. The molecule has 6 nitrogen and oxygen atoms in total. The van der Waals surface area contributed by atoms with Gasteiger partial charge in [-0.1, -0.05) is 35.2 Å². The molecule has 1 atom stereocenters. The van der Waals surface area contributed by atoms with Crippen LogP contribution < -0.4 is 15.4 Å². The Kier molecular flexibility index (Phi) is 6.48. The quantitative estimate of drug-likeness (QED) is 0.543. The lowest BCUT2D eigenvalue weighted by atomic mass is 10.3. The zero-order valence-corrected chi connectivity index (χ0v) is 16.7. The minimum absolute atomic E-state index is 0.0165. The van der Waals surface area contributed by atoms with Crippen LogP contribution in [0.1, 0.15) is 17.8 Å². The van der Waals surface area contributed by atoms with Crippen LogP contribution in [0.3, 0.4) is 0 Å². The second kappa shape index (κ2) is 9.02. The summed E-state index contributed by atoms with van der Waals surface area (Å²) in [5.74, 6) is 1.06. The number of aromatic nitrogens is 2. The molecule has 0 saturated heterocycles. The molecule has 0 aliphatic heterocycles. The third-order valence-corrected chi connectivity index (χ3v) is 6.43. The number of thioether (sulfide) groups is 1. The van der Waals surface area contributed by atoms with Gasteiger partial charge in [-0.05, 0) is 30.5 Å². The highest BCUT2D eigenvalue weighted by Crippen LogP contribution is 2.28. The van der Waals surface area contributed by atoms with Gasteiger partial charge < -0.3 is 15.4 Å². The predicted octanol–water partition coefficient (Wildman–Crippen LogP) is 4.32. The van der Waals surface area contributed by atoms with Crippen LogP contribution in [-0.4, -0.2) is 29.0 Å². The van der Waals surface area contributed by atoms with Gasteiger partial charge in [-0.15, -0.1) is 21.5 Å². The molecule has 2 aromatic heterocycles. The molecular weight excluding hydrogens is 388 g/mol. The lowest BCUT2D eigenvalue weighted by molar-refractivity contribution is -0.119. The molecule has 2 heterocycles. The van der Waals surface area contributed by atoms with Crippen LogP contribution in [0.4, 0.5) is 10.8 Å². The number of nitrogens with one attached hydrogen (secondary N) is 2. The predicted molar refractivity (Wildman–Crippen MR) is 108 cm³/mol. The molecule has 0 saturated carbocycles. The van der Waals surface area contributed by atoms with E-state index in [1.807, 2.05) is 48.7 Å². The monoisotopic (exact) mass is 406 g/mol. The van der Waals surface area contributed by atoms with Gasteiger partial charge in [0.15, 0.2) is 4.34 Å². The van der Waals surface area contributed by atoms with Gasteiger partial charge in [-0.2, -0.15) is 0 Å². The summed E-state index contributed by atoms with van der Waals surface area (Å²) in [6.45, 7) is 1.98. The molecule has 2 N–H and O–H groups in total. The van der Waals surface area contributed by atoms with Crippen molar-refractivity contribution in [3.63, 3.8) is 0 Å². The molecule has 136 valence electrons. The summed E-state index contributed by atoms with van der Waals surface area (Å²) >= 11 is 4.42. The Bertz CT molecular complexity index is 851. The first-order chi connectivity index (χ1) is 12.6. The molecule has 0 aliphatic carbocycles. The van der Waals surface area contributed by atoms with Crippen molar-refractivity contribution < 1.29 is 9.53 Å². The van der Waals surface area contributed by atoms with E-state index in [0.717, 1.165) is 20.7 Å². The standard InChI is InChI=1S/C17H18N4O2S3/c1-11(14-7-4-8-24-14)18-15(22)10-25-17-21-20-16(26-17)19-12-5-3-6-13(9-12)23-2/h3-9,11H,10H2,1-2H3,(H,18,22)(H,19,20)/t11-/m1/s1. The Balaban J connectivity index is 1.49. The Morgan fingerprint density at radius 3 is 2.96 bits per heavy atom. The van der Waals surface area contributed by atoms with Crippen molar-refractivity contribution in [2.45, 2.75) is 17.3 Å². The molecule has 0 bridgehead atoms. The number of benzene rings is 1. The number of amides is 1. The van der Waals surface area contributed by atoms with Crippen molar-refractivity contribution in [2.24, 2.45) is 0 Å². The van der Waals surface area contributed by atoms with Gasteiger partial charge in [-0.3, -0.25) is 4.79 Å². The molecule has 9 heteroatoms. The van der Waals surface area contributed by atoms with Crippen molar-refractivity contribution in [1.29, 1.82) is 0 Å². The van der Waals surface area contributed by atoms with E-state index in [4.69, 9.17) is 4.74 Å². The number of carbonyl (C=O) groups excluding carboxylic acids is 1. The number of nitrogens with zero attached hydrogens (tertiary/aromatic N) is 2. The molecule has 3 rings (SSSR count). The fourth-order valence-corrected chi connectivity index (χ4v) is 4.48. The minimum atomic E-state index is -0.0200. The molecule has 0 spiro atoms. The second-order valence-electron chi connectivity index (χ2n) is 5.32. The maximum absolute atomic E-state index is 12.1. The number of hydrogen-bond acceptors (Lipinski definition) is 8. The number of anilines is 2. The minimum Gasteiger partial charge on any atom is -0.497 e. The zero-order chi connectivity index (χ0) is 18.4. The summed E-state index contributed by atoms with van der Waals surface area (Å²) in [4.78, 5) is 13.2. The average Bonchev–Trinajstić information content (AvgIpc) is 3.32. The SMILES string of the molecule is COc1cccc(Nc2nnc(SCC(=O)N[C@H](C)c3cccs3)s2)c1. The molecule has 0 radical (unpaired) electrons. The first-order valence-corrected chi connectivity index (χ1v) is 10.5. The van der Waals surface area contributed by atoms with Crippen LogP contribution in [-0.2, 0) is 4.79 Å². The summed E-state index contributed by atoms with van der Waals surface area (Å²) in [6, 6.07) is 11.6. The van der Waals surface area contributed by atoms with Crippen molar-refractivity contribution in [3.05, 3.63) is 46.7 Å². The van der Waals surface area contributed by atoms with E-state index in [-0.39, 0.29) is 11.9 Å². The van der Waals surface area contributed by atoms with Crippen LogP contribution in [0, 0.1) is 0 Å². The van der Waals surface area contributed by atoms with Gasteiger partial charge >= 0.3 is 0 Å². The van der Waals surface area contributed by atoms with E-state index in [0.29, 0.717) is 10.9 Å². The number of methoxy groups -OCH3 is 1. The lowest BCUT2D eigenvalue weighted by Gasteiger charge is -2.11. The average molecular weight is 407 g/mol. The molecule has 0 fully saturated rings. The van der Waals surface area contributed by atoms with E-state index >= 15 is 0 Å². The van der Waals surface area contributed by atoms with Gasteiger partial charge in [-0.25, -0.2) is 0 Å². The van der Waals surface area contributed by atoms with E-state index < -0.39 is 0 Å². The third-order valence-electron chi connectivity index (χ3n) is 3.40. The maximum Gasteiger partial charge on any atom is 0.230 e. The molecule has 1 amide bonds. The summed E-state index contributed by atoms with van der Waals surface area (Å²) in [6.07, 6.45) is 0. The van der Waals surface area contributed by atoms with Crippen LogP contribution in [0.5, 0.6) is 5.75 Å². The molecular formula is C17H18N4O2S3. The van der Waals surface area contributed by atoms with Gasteiger partial charge in [0.2, 0.25) is 11.0 Å². The third kappa shape index (κ3) is 5.20. The largest absolute Gasteiger partial charge is 0.497 e. The summed E-state index contributed by atoms with van der Waals surface area (Å²) < 4.78 is 5.95. The number of ether oxygens (including phenoxy) is 1. The number of hydrogen-bond donors (Lipinski definition) is 2. The van der Waals surface area contributed by atoms with Crippen molar-refractivity contribution in [2.75, 3.05) is 18.2 Å². The highest BCUT2D eigenvalue weighted by molar-refractivity contribution is 8.01. The lowest BCUT2D eigenvalue weighted by Crippen LogP contribution is -2.27. The van der Waals surface area contributed by atoms with E-state index in [9.17, 15) is 4.79 Å². The summed E-state index contributed by atoms with van der Waals surface area (Å²) in [5, 5.41) is 17.1. The summed E-state index contributed by atoms with van der Waals surface area (Å²) in [7, 11) is 1.63. The Labute approximate surface area is 164 Å². The number of carbonyl (C=O) groups is 1. The highest BCUT2D eigenvalue weighted by atomic mass is 32.2. The summed E-state index contributed by atoms with van der Waals surface area (Å²) in [5.41, 5.74) is 0.875. The number of rotatable bonds is 8. The first kappa shape index (κ1) is 18.7. The molecule has 26 heavy (non-hydrogen) atoms. The van der Waals surface area contributed by atoms with Crippen LogP contribution in [0.2, 0.25) is 0 Å². The number of thiophene rings is 1. The van der Waals surface area contributed by atoms with Gasteiger partial charge in [0.25, 0.3) is 0 Å². The molecule has 0 aliphatic rings. The van der Waals surface area contributed by atoms with Crippen molar-refractivity contribution in [1.82, 2.24) is 15.5 Å². The fraction of sp³-hybridized carbons (Fsp3) is 0.235. The van der Waals surface area contributed by atoms with Crippen molar-refractivity contribution >= 4 is 51.2 Å². The topological polar surface area (TPSA) is 76.1 Å². The van der Waals surface area contributed by atoms with Gasteiger partial charge in [0, 0.05) is 16.6 Å². The van der Waals surface area contributed by atoms with Crippen LogP contribution in [0.25, 0.3) is 0 Å². The smallest absolute Gasteiger partial charge is 0.230 e. The normalized spacial score (nSPS) is 11.8. The zero-order valence-electron chi connectivity index (χ0n) is 14.3. The Hall–Kier alpha value is -2.10. The van der Waals surface area contributed by atoms with Gasteiger partial charge in [0.05, 0.1) is 18.9 Å². The fourth-order valence-electron chi connectivity index (χ4n) is 2.16. The first-order valence-electron chi connectivity index (χ1n) is 7.84. The molecule has 3 aromatic rings. The van der Waals surface area contributed by atoms with Gasteiger partial charge in [0.1, 0.15) is 5.75 Å². The molecule has 0 unspecified atom stereocenters. The Morgan fingerprint density at radius 1 is 1.31 bits per heavy atom. The highest BCUT2D eigenvalue weighted by Gasteiger charge is 2.12. The van der Waals surface area contributed by atoms with Crippen molar-refractivity contribution in [3.8, 4) is 5.75 Å². The van der Waals surface area contributed by atoms with E-state index in [1.54, 1.807) is 18.4 Å². The van der Waals surface area contributed by atoms with Crippen LogP contribution >= 0.6 is 34.4 Å². The Morgan fingerprint density at radius 2 is 2.19 bits per heavy atom. The van der Waals surface area contributed by atoms with E-state index in [2.05, 4.69) is 20.8 Å². The van der Waals surface area contributed by atoms with E-state index in [1.165, 1.54) is 23.1 Å². The van der Waals surface area contributed by atoms with Crippen LogP contribution in [0.15, 0.2) is 46.1 Å². The maximum atomic E-state index is 12.1. The molecule has 1 aromatic carbocycles.